The molecule has 0 saturated heterocycles. The Balaban J connectivity index is 2.18. The summed E-state index contributed by atoms with van der Waals surface area (Å²) in [5.41, 5.74) is 0.0293. The average molecular weight is 271 g/mol. The van der Waals surface area contributed by atoms with Gasteiger partial charge in [0.1, 0.15) is 5.82 Å². The van der Waals surface area contributed by atoms with Crippen LogP contribution in [-0.4, -0.2) is 28.6 Å². The summed E-state index contributed by atoms with van der Waals surface area (Å²) < 4.78 is 9.86. The summed E-state index contributed by atoms with van der Waals surface area (Å²) in [4.78, 5) is 4.49. The Morgan fingerprint density at radius 3 is 2.56 bits per heavy atom. The van der Waals surface area contributed by atoms with Crippen molar-refractivity contribution in [3.63, 3.8) is 0 Å². The summed E-state index contributed by atoms with van der Waals surface area (Å²) in [7, 11) is 0. The Morgan fingerprint density at radius 2 is 2.00 bits per heavy atom. The van der Waals surface area contributed by atoms with Crippen LogP contribution in [0.3, 0.4) is 0 Å². The van der Waals surface area contributed by atoms with Gasteiger partial charge in [-0.25, -0.2) is 4.98 Å². The zero-order valence-corrected chi connectivity index (χ0v) is 12.9. The van der Waals surface area contributed by atoms with Crippen molar-refractivity contribution in [2.45, 2.75) is 59.0 Å². The normalized spacial score (nSPS) is 12.1. The van der Waals surface area contributed by atoms with Gasteiger partial charge in [-0.05, 0) is 26.7 Å². The molecular weight excluding hydrogens is 246 g/mol. The Labute approximate surface area is 114 Å². The summed E-state index contributed by atoms with van der Waals surface area (Å²) >= 11 is 1.44. The highest BCUT2D eigenvalue weighted by molar-refractivity contribution is 7.09. The first-order valence-corrected chi connectivity index (χ1v) is 7.36. The SMILES string of the molecule is CC(C)OCCCCNc1nc(C(C)(C)C)ns1. The fraction of sp³-hybridized carbons (Fsp3) is 0.846. The van der Waals surface area contributed by atoms with Gasteiger partial charge in [-0.3, -0.25) is 0 Å². The number of nitrogens with zero attached hydrogens (tertiary/aromatic N) is 2. The number of hydrogen-bond donors (Lipinski definition) is 1. The molecule has 18 heavy (non-hydrogen) atoms. The van der Waals surface area contributed by atoms with E-state index in [-0.39, 0.29) is 5.41 Å². The Hall–Kier alpha value is -0.680. The largest absolute Gasteiger partial charge is 0.379 e. The van der Waals surface area contributed by atoms with Gasteiger partial charge < -0.3 is 10.1 Å². The van der Waals surface area contributed by atoms with Crippen LogP contribution in [0, 0.1) is 0 Å². The van der Waals surface area contributed by atoms with Crippen LogP contribution in [0.5, 0.6) is 0 Å². The summed E-state index contributed by atoms with van der Waals surface area (Å²) in [5.74, 6) is 0.915. The third kappa shape index (κ3) is 5.78. The number of ether oxygens (including phenoxy) is 1. The van der Waals surface area contributed by atoms with Crippen LogP contribution in [0.15, 0.2) is 0 Å². The third-order valence-corrected chi connectivity index (χ3v) is 3.07. The molecule has 104 valence electrons. The second kappa shape index (κ2) is 7.04. The number of aromatic nitrogens is 2. The number of unbranched alkanes of at least 4 members (excludes halogenated alkanes) is 1. The molecule has 0 atom stereocenters. The topological polar surface area (TPSA) is 47.0 Å². The number of anilines is 1. The molecule has 0 aromatic carbocycles. The van der Waals surface area contributed by atoms with E-state index in [4.69, 9.17) is 4.74 Å². The van der Waals surface area contributed by atoms with E-state index in [0.717, 1.165) is 36.9 Å². The molecule has 0 aliphatic carbocycles. The minimum absolute atomic E-state index is 0.0293. The molecule has 1 N–H and O–H groups in total. The van der Waals surface area contributed by atoms with E-state index in [1.165, 1.54) is 11.5 Å². The molecule has 0 radical (unpaired) electrons. The van der Waals surface area contributed by atoms with E-state index in [1.807, 2.05) is 0 Å². The maximum atomic E-state index is 5.49. The average Bonchev–Trinajstić information content (AvgIpc) is 2.71. The Morgan fingerprint density at radius 1 is 1.28 bits per heavy atom. The van der Waals surface area contributed by atoms with E-state index < -0.39 is 0 Å². The molecule has 1 aromatic rings. The molecule has 0 spiro atoms. The molecule has 0 amide bonds. The fourth-order valence-electron chi connectivity index (χ4n) is 1.34. The first kappa shape index (κ1) is 15.4. The van der Waals surface area contributed by atoms with Gasteiger partial charge in [0.25, 0.3) is 0 Å². The number of rotatable bonds is 7. The Kier molecular flexibility index (Phi) is 6.02. The molecule has 4 nitrogen and oxygen atoms in total. The van der Waals surface area contributed by atoms with Gasteiger partial charge >= 0.3 is 0 Å². The van der Waals surface area contributed by atoms with Crippen molar-refractivity contribution in [1.29, 1.82) is 0 Å². The molecule has 0 aliphatic rings. The second-order valence-corrected chi connectivity index (χ2v) is 6.48. The van der Waals surface area contributed by atoms with Gasteiger partial charge in [-0.15, -0.1) is 0 Å². The first-order chi connectivity index (χ1) is 8.39. The van der Waals surface area contributed by atoms with E-state index >= 15 is 0 Å². The fourth-order valence-corrected chi connectivity index (χ4v) is 2.12. The maximum Gasteiger partial charge on any atom is 0.202 e. The van der Waals surface area contributed by atoms with Crippen molar-refractivity contribution in [2.24, 2.45) is 0 Å². The lowest BCUT2D eigenvalue weighted by Gasteiger charge is -2.12. The van der Waals surface area contributed by atoms with Crippen LogP contribution in [0.25, 0.3) is 0 Å². The molecule has 0 aliphatic heterocycles. The lowest BCUT2D eigenvalue weighted by atomic mass is 9.96. The van der Waals surface area contributed by atoms with Crippen molar-refractivity contribution in [3.8, 4) is 0 Å². The predicted octanol–water partition coefficient (Wildman–Crippen LogP) is 3.45. The summed E-state index contributed by atoms with van der Waals surface area (Å²) in [6.07, 6.45) is 2.50. The highest BCUT2D eigenvalue weighted by atomic mass is 32.1. The number of nitrogens with one attached hydrogen (secondary N) is 1. The smallest absolute Gasteiger partial charge is 0.202 e. The summed E-state index contributed by atoms with van der Waals surface area (Å²) in [6, 6.07) is 0. The summed E-state index contributed by atoms with van der Waals surface area (Å²) in [6.45, 7) is 12.3. The zero-order valence-electron chi connectivity index (χ0n) is 12.1. The van der Waals surface area contributed by atoms with Crippen molar-refractivity contribution in [3.05, 3.63) is 5.82 Å². The molecule has 0 fully saturated rings. The van der Waals surface area contributed by atoms with E-state index in [9.17, 15) is 0 Å². The molecule has 5 heteroatoms. The maximum absolute atomic E-state index is 5.49. The minimum atomic E-state index is 0.0293. The third-order valence-electron chi connectivity index (χ3n) is 2.40. The van der Waals surface area contributed by atoms with Gasteiger partial charge in [0.2, 0.25) is 5.13 Å². The minimum Gasteiger partial charge on any atom is -0.379 e. The van der Waals surface area contributed by atoms with Gasteiger partial charge in [0, 0.05) is 30.1 Å². The highest BCUT2D eigenvalue weighted by Crippen LogP contribution is 2.22. The van der Waals surface area contributed by atoms with Crippen LogP contribution in [-0.2, 0) is 10.2 Å². The van der Waals surface area contributed by atoms with E-state index in [0.29, 0.717) is 6.10 Å². The van der Waals surface area contributed by atoms with E-state index in [2.05, 4.69) is 49.3 Å². The van der Waals surface area contributed by atoms with Gasteiger partial charge in [0.05, 0.1) is 6.10 Å². The van der Waals surface area contributed by atoms with Gasteiger partial charge in [-0.2, -0.15) is 4.37 Å². The molecule has 0 bridgehead atoms. The molecule has 1 rings (SSSR count). The van der Waals surface area contributed by atoms with Crippen molar-refractivity contribution in [1.82, 2.24) is 9.36 Å². The lowest BCUT2D eigenvalue weighted by molar-refractivity contribution is 0.0765. The van der Waals surface area contributed by atoms with Crippen LogP contribution < -0.4 is 5.32 Å². The van der Waals surface area contributed by atoms with E-state index in [1.54, 1.807) is 0 Å². The standard InChI is InChI=1S/C13H25N3OS/c1-10(2)17-9-7-6-8-14-12-15-11(16-18-12)13(3,4)5/h10H,6-9H2,1-5H3,(H,14,15,16). The Bertz CT molecular complexity index is 344. The van der Waals surface area contributed by atoms with Crippen molar-refractivity contribution < 1.29 is 4.74 Å². The van der Waals surface area contributed by atoms with Crippen LogP contribution in [0.1, 0.15) is 53.3 Å². The molecular formula is C13H25N3OS. The molecule has 1 aromatic heterocycles. The first-order valence-electron chi connectivity index (χ1n) is 6.59. The molecule has 0 unspecified atom stereocenters. The second-order valence-electron chi connectivity index (χ2n) is 5.73. The highest BCUT2D eigenvalue weighted by Gasteiger charge is 2.19. The van der Waals surface area contributed by atoms with Gasteiger partial charge in [0.15, 0.2) is 0 Å². The van der Waals surface area contributed by atoms with Crippen molar-refractivity contribution in [2.75, 3.05) is 18.5 Å². The predicted molar refractivity (Wildman–Crippen MR) is 77.4 cm³/mol. The molecule has 0 saturated carbocycles. The summed E-state index contributed by atoms with van der Waals surface area (Å²) in [5, 5.41) is 4.24. The monoisotopic (exact) mass is 271 g/mol. The molecule has 1 heterocycles. The van der Waals surface area contributed by atoms with Crippen molar-refractivity contribution >= 4 is 16.7 Å². The number of hydrogen-bond acceptors (Lipinski definition) is 5. The quantitative estimate of drug-likeness (QED) is 0.772. The van der Waals surface area contributed by atoms with Gasteiger partial charge in [-0.1, -0.05) is 20.8 Å². The van der Waals surface area contributed by atoms with Crippen LogP contribution in [0.4, 0.5) is 5.13 Å². The lowest BCUT2D eigenvalue weighted by Crippen LogP contribution is -2.13. The zero-order chi connectivity index (χ0) is 13.6. The van der Waals surface area contributed by atoms with Crippen LogP contribution >= 0.6 is 11.5 Å². The van der Waals surface area contributed by atoms with Crippen LogP contribution in [0.2, 0.25) is 0 Å².